The van der Waals surface area contributed by atoms with Crippen molar-refractivity contribution in [3.8, 4) is 0 Å². The lowest BCUT2D eigenvalue weighted by Gasteiger charge is -2.28. The molecule has 0 bridgehead atoms. The summed E-state index contributed by atoms with van der Waals surface area (Å²) >= 11 is 1.71. The van der Waals surface area contributed by atoms with Gasteiger partial charge in [0.05, 0.1) is 0 Å². The van der Waals surface area contributed by atoms with E-state index in [0.29, 0.717) is 6.42 Å². The smallest absolute Gasteiger partial charge is 0.220 e. The lowest BCUT2D eigenvalue weighted by molar-refractivity contribution is -0.122. The second-order valence-electron chi connectivity index (χ2n) is 5.26. The molecule has 0 radical (unpaired) electrons. The van der Waals surface area contributed by atoms with E-state index < -0.39 is 5.54 Å². The van der Waals surface area contributed by atoms with E-state index in [1.807, 2.05) is 11.4 Å². The van der Waals surface area contributed by atoms with Crippen molar-refractivity contribution in [1.29, 1.82) is 0 Å². The predicted molar refractivity (Wildman–Crippen MR) is 80.0 cm³/mol. The van der Waals surface area contributed by atoms with Gasteiger partial charge in [-0.2, -0.15) is 0 Å². The van der Waals surface area contributed by atoms with E-state index in [1.54, 1.807) is 11.3 Å². The summed E-state index contributed by atoms with van der Waals surface area (Å²) in [4.78, 5) is 13.3. The van der Waals surface area contributed by atoms with Crippen LogP contribution in [0.4, 0.5) is 0 Å². The lowest BCUT2D eigenvalue weighted by atomic mass is 9.95. The average Bonchev–Trinajstić information content (AvgIpc) is 3.10. The summed E-state index contributed by atoms with van der Waals surface area (Å²) in [6.07, 6.45) is 5.69. The van der Waals surface area contributed by atoms with Crippen LogP contribution in [0.3, 0.4) is 0 Å². The second kappa shape index (κ2) is 6.74. The van der Waals surface area contributed by atoms with Gasteiger partial charge in [-0.1, -0.05) is 24.1 Å². The highest BCUT2D eigenvalue weighted by Gasteiger charge is 2.39. The Morgan fingerprint density at radius 1 is 1.50 bits per heavy atom. The molecule has 6 heteroatoms. The third-order valence-corrected chi connectivity index (χ3v) is 4.78. The van der Waals surface area contributed by atoms with Crippen LogP contribution in [0.25, 0.3) is 0 Å². The predicted octanol–water partition coefficient (Wildman–Crippen LogP) is 2.25. The van der Waals surface area contributed by atoms with Crippen molar-refractivity contribution < 1.29 is 10.0 Å². The van der Waals surface area contributed by atoms with Crippen LogP contribution in [0, 0.1) is 0 Å². The Morgan fingerprint density at radius 2 is 2.25 bits per heavy atom. The average molecular weight is 295 g/mol. The van der Waals surface area contributed by atoms with Crippen molar-refractivity contribution in [3.63, 3.8) is 0 Å². The molecule has 0 spiro atoms. The van der Waals surface area contributed by atoms with Crippen molar-refractivity contribution in [1.82, 2.24) is 5.32 Å². The van der Waals surface area contributed by atoms with Gasteiger partial charge in [-0.25, -0.2) is 0 Å². The Hall–Kier alpha value is -1.56. The van der Waals surface area contributed by atoms with E-state index >= 15 is 0 Å². The summed E-state index contributed by atoms with van der Waals surface area (Å²) in [5, 5.41) is 17.0. The molecule has 1 fully saturated rings. The molecule has 1 aliphatic rings. The van der Waals surface area contributed by atoms with E-state index in [2.05, 4.69) is 16.5 Å². The molecule has 4 N–H and O–H groups in total. The minimum absolute atomic E-state index is 0.0185. The fourth-order valence-electron chi connectivity index (χ4n) is 2.73. The Labute approximate surface area is 122 Å². The number of nitrogens with one attached hydrogen (secondary N) is 1. The van der Waals surface area contributed by atoms with Gasteiger partial charge in [0, 0.05) is 11.3 Å². The maximum absolute atomic E-state index is 12.1. The molecule has 20 heavy (non-hydrogen) atoms. The van der Waals surface area contributed by atoms with Gasteiger partial charge in [-0.05, 0) is 37.1 Å². The van der Waals surface area contributed by atoms with Crippen molar-refractivity contribution in [2.75, 3.05) is 0 Å². The number of hydrogen-bond donors (Lipinski definition) is 3. The second-order valence-corrected chi connectivity index (χ2v) is 6.29. The molecule has 1 aliphatic carbocycles. The van der Waals surface area contributed by atoms with Gasteiger partial charge in [0.1, 0.15) is 5.54 Å². The van der Waals surface area contributed by atoms with Crippen LogP contribution >= 0.6 is 11.3 Å². The van der Waals surface area contributed by atoms with Crippen LogP contribution in [-0.2, 0) is 11.2 Å². The van der Waals surface area contributed by atoms with Gasteiger partial charge in [0.15, 0.2) is 5.84 Å². The summed E-state index contributed by atoms with van der Waals surface area (Å²) in [6.45, 7) is 0. The van der Waals surface area contributed by atoms with Crippen LogP contribution in [0.15, 0.2) is 22.7 Å². The van der Waals surface area contributed by atoms with Crippen LogP contribution < -0.4 is 11.1 Å². The summed E-state index contributed by atoms with van der Waals surface area (Å²) in [5.41, 5.74) is 5.12. The van der Waals surface area contributed by atoms with Crippen molar-refractivity contribution >= 4 is 23.1 Å². The van der Waals surface area contributed by atoms with Crippen LogP contribution in [0.5, 0.6) is 0 Å². The molecule has 0 unspecified atom stereocenters. The highest BCUT2D eigenvalue weighted by atomic mass is 32.1. The number of nitrogens with zero attached hydrogens (tertiary/aromatic N) is 1. The fraction of sp³-hybridized carbons (Fsp3) is 0.571. The molecule has 0 saturated heterocycles. The van der Waals surface area contributed by atoms with E-state index in [1.165, 1.54) is 4.88 Å². The van der Waals surface area contributed by atoms with Crippen molar-refractivity contribution in [3.05, 3.63) is 22.4 Å². The zero-order valence-corrected chi connectivity index (χ0v) is 12.3. The first-order chi connectivity index (χ1) is 9.66. The first-order valence-corrected chi connectivity index (χ1v) is 7.86. The summed E-state index contributed by atoms with van der Waals surface area (Å²) < 4.78 is 0. The summed E-state index contributed by atoms with van der Waals surface area (Å²) in [5.74, 6) is 0.108. The molecule has 0 aliphatic heterocycles. The van der Waals surface area contributed by atoms with Gasteiger partial charge < -0.3 is 16.3 Å². The van der Waals surface area contributed by atoms with E-state index in [-0.39, 0.29) is 11.7 Å². The maximum Gasteiger partial charge on any atom is 0.220 e. The van der Waals surface area contributed by atoms with Gasteiger partial charge >= 0.3 is 0 Å². The minimum atomic E-state index is -0.630. The molecular formula is C14H21N3O2S. The Kier molecular flexibility index (Phi) is 5.00. The quantitative estimate of drug-likeness (QED) is 0.325. The van der Waals surface area contributed by atoms with E-state index in [0.717, 1.165) is 38.5 Å². The van der Waals surface area contributed by atoms with Crippen LogP contribution in [0.1, 0.15) is 43.4 Å². The molecule has 0 atom stereocenters. The monoisotopic (exact) mass is 295 g/mol. The van der Waals surface area contributed by atoms with Gasteiger partial charge in [0.25, 0.3) is 0 Å². The number of oxime groups is 1. The third-order valence-electron chi connectivity index (χ3n) is 3.84. The first kappa shape index (κ1) is 14.8. The van der Waals surface area contributed by atoms with Crippen molar-refractivity contribution in [2.45, 2.75) is 50.5 Å². The highest BCUT2D eigenvalue weighted by Crippen LogP contribution is 2.30. The molecule has 1 aromatic rings. The van der Waals surface area contributed by atoms with Crippen LogP contribution in [-0.4, -0.2) is 22.5 Å². The molecule has 1 aromatic heterocycles. The van der Waals surface area contributed by atoms with Crippen LogP contribution in [0.2, 0.25) is 0 Å². The summed E-state index contributed by atoms with van der Waals surface area (Å²) in [7, 11) is 0. The van der Waals surface area contributed by atoms with Gasteiger partial charge in [0.2, 0.25) is 5.91 Å². The number of thiophene rings is 1. The summed E-state index contributed by atoms with van der Waals surface area (Å²) in [6, 6.07) is 4.10. The zero-order chi connectivity index (χ0) is 14.4. The maximum atomic E-state index is 12.1. The number of rotatable bonds is 6. The number of nitrogens with two attached hydrogens (primary N) is 1. The molecule has 1 saturated carbocycles. The number of hydrogen-bond acceptors (Lipinski definition) is 4. The standard InChI is InChI=1S/C14H21N3O2S/c15-13(17-19)14(8-1-2-9-14)16-12(18)7-3-5-11-6-4-10-20-11/h4,6,10,19H,1-3,5,7-9H2,(H2,15,17)(H,16,18). The molecule has 1 amide bonds. The largest absolute Gasteiger partial charge is 0.409 e. The number of carbonyl (C=O) groups is 1. The normalized spacial score (nSPS) is 18.1. The Balaban J connectivity index is 1.83. The first-order valence-electron chi connectivity index (χ1n) is 6.98. The van der Waals surface area contributed by atoms with Gasteiger partial charge in [-0.15, -0.1) is 11.3 Å². The molecule has 110 valence electrons. The molecule has 0 aromatic carbocycles. The minimum Gasteiger partial charge on any atom is -0.409 e. The zero-order valence-electron chi connectivity index (χ0n) is 11.5. The molecule has 1 heterocycles. The number of carbonyl (C=O) groups excluding carboxylic acids is 1. The Bertz CT molecular complexity index is 465. The Morgan fingerprint density at radius 3 is 2.85 bits per heavy atom. The highest BCUT2D eigenvalue weighted by molar-refractivity contribution is 7.09. The van der Waals surface area contributed by atoms with E-state index in [4.69, 9.17) is 10.9 Å². The molecule has 2 rings (SSSR count). The molecule has 5 nitrogen and oxygen atoms in total. The number of amidine groups is 1. The van der Waals surface area contributed by atoms with Gasteiger partial charge in [-0.3, -0.25) is 4.79 Å². The number of amides is 1. The SMILES string of the molecule is N/C(=N/O)C1(NC(=O)CCCc2cccs2)CCCC1. The van der Waals surface area contributed by atoms with Crippen molar-refractivity contribution in [2.24, 2.45) is 10.9 Å². The number of aryl methyl sites for hydroxylation is 1. The lowest BCUT2D eigenvalue weighted by Crippen LogP contribution is -2.55. The fourth-order valence-corrected chi connectivity index (χ4v) is 3.48. The topological polar surface area (TPSA) is 87.7 Å². The van der Waals surface area contributed by atoms with E-state index in [9.17, 15) is 4.79 Å². The third kappa shape index (κ3) is 3.50. The molecular weight excluding hydrogens is 274 g/mol.